The quantitative estimate of drug-likeness (QED) is 0.709. The van der Waals surface area contributed by atoms with E-state index < -0.39 is 17.8 Å². The number of rotatable bonds is 3. The summed E-state index contributed by atoms with van der Waals surface area (Å²) in [6.07, 6.45) is -4.50. The molecule has 3 rings (SSSR count). The third kappa shape index (κ3) is 5.31. The van der Waals surface area contributed by atoms with E-state index in [-0.39, 0.29) is 10.7 Å². The van der Waals surface area contributed by atoms with E-state index in [0.29, 0.717) is 31.2 Å². The fourth-order valence-electron chi connectivity index (χ4n) is 2.95. The third-order valence-electron chi connectivity index (χ3n) is 4.51. The zero-order valence-corrected chi connectivity index (χ0v) is 16.3. The number of piperazine rings is 1. The minimum atomic E-state index is -4.50. The van der Waals surface area contributed by atoms with Crippen LogP contribution in [0.15, 0.2) is 42.5 Å². The van der Waals surface area contributed by atoms with Gasteiger partial charge in [-0.05, 0) is 35.9 Å². The van der Waals surface area contributed by atoms with Crippen molar-refractivity contribution in [2.75, 3.05) is 31.5 Å². The lowest BCUT2D eigenvalue weighted by atomic mass is 10.2. The number of benzene rings is 2. The van der Waals surface area contributed by atoms with Gasteiger partial charge in [-0.25, -0.2) is 4.79 Å². The summed E-state index contributed by atoms with van der Waals surface area (Å²) in [5, 5.41) is 3.22. The molecule has 0 atom stereocenters. The molecule has 2 amide bonds. The number of carbonyl (C=O) groups excluding carboxylic acids is 1. The molecule has 1 aliphatic heterocycles. The van der Waals surface area contributed by atoms with Gasteiger partial charge in [0.15, 0.2) is 0 Å². The highest BCUT2D eigenvalue weighted by Gasteiger charge is 2.31. The first-order valence-electron chi connectivity index (χ1n) is 8.62. The minimum Gasteiger partial charge on any atom is -0.322 e. The number of carbonyl (C=O) groups is 1. The molecule has 4 nitrogen and oxygen atoms in total. The van der Waals surface area contributed by atoms with Crippen molar-refractivity contribution in [1.82, 2.24) is 9.80 Å². The largest absolute Gasteiger partial charge is 0.416 e. The summed E-state index contributed by atoms with van der Waals surface area (Å²) < 4.78 is 38.6. The monoisotopic (exact) mass is 431 g/mol. The van der Waals surface area contributed by atoms with E-state index in [1.807, 2.05) is 24.3 Å². The summed E-state index contributed by atoms with van der Waals surface area (Å²) in [5.41, 5.74) is 0.211. The van der Waals surface area contributed by atoms with Crippen molar-refractivity contribution in [3.05, 3.63) is 63.6 Å². The Morgan fingerprint density at radius 3 is 2.25 bits per heavy atom. The maximum absolute atomic E-state index is 12.9. The average molecular weight is 432 g/mol. The number of nitrogens with zero attached hydrogens (tertiary/aromatic N) is 2. The Morgan fingerprint density at radius 1 is 1.00 bits per heavy atom. The number of urea groups is 1. The summed E-state index contributed by atoms with van der Waals surface area (Å²) in [5.74, 6) is 0. The molecule has 0 bridgehead atoms. The zero-order chi connectivity index (χ0) is 20.3. The Kier molecular flexibility index (Phi) is 6.37. The first-order valence-corrected chi connectivity index (χ1v) is 9.37. The lowest BCUT2D eigenvalue weighted by molar-refractivity contribution is -0.137. The molecular weight excluding hydrogens is 414 g/mol. The van der Waals surface area contributed by atoms with Crippen LogP contribution in [0.1, 0.15) is 11.1 Å². The molecule has 1 saturated heterocycles. The Hall–Kier alpha value is -1.96. The van der Waals surface area contributed by atoms with Gasteiger partial charge < -0.3 is 10.2 Å². The van der Waals surface area contributed by atoms with Crippen LogP contribution in [0, 0.1) is 0 Å². The van der Waals surface area contributed by atoms with Crippen LogP contribution in [-0.2, 0) is 12.7 Å². The molecule has 1 N–H and O–H groups in total. The van der Waals surface area contributed by atoms with Crippen LogP contribution in [0.2, 0.25) is 10.0 Å². The third-order valence-corrected chi connectivity index (χ3v) is 5.10. The molecule has 150 valence electrons. The van der Waals surface area contributed by atoms with Crippen molar-refractivity contribution in [3.8, 4) is 0 Å². The highest BCUT2D eigenvalue weighted by molar-refractivity contribution is 6.33. The average Bonchev–Trinajstić information content (AvgIpc) is 2.65. The SMILES string of the molecule is O=C(Nc1cc(C(F)(F)F)ccc1Cl)N1CCN(Cc2ccc(Cl)cc2)CC1. The molecule has 0 saturated carbocycles. The van der Waals surface area contributed by atoms with E-state index in [4.69, 9.17) is 23.2 Å². The minimum absolute atomic E-state index is 0.0508. The molecule has 0 unspecified atom stereocenters. The molecule has 1 heterocycles. The summed E-state index contributed by atoms with van der Waals surface area (Å²) in [4.78, 5) is 16.2. The van der Waals surface area contributed by atoms with Gasteiger partial charge in [0.25, 0.3) is 0 Å². The predicted octanol–water partition coefficient (Wildman–Crippen LogP) is 5.36. The first-order chi connectivity index (χ1) is 13.2. The summed E-state index contributed by atoms with van der Waals surface area (Å²) in [7, 11) is 0. The van der Waals surface area contributed by atoms with Gasteiger partial charge in [-0.15, -0.1) is 0 Å². The van der Waals surface area contributed by atoms with Crippen molar-refractivity contribution in [2.24, 2.45) is 0 Å². The van der Waals surface area contributed by atoms with Gasteiger partial charge in [-0.1, -0.05) is 35.3 Å². The van der Waals surface area contributed by atoms with Gasteiger partial charge in [-0.2, -0.15) is 13.2 Å². The number of anilines is 1. The van der Waals surface area contributed by atoms with Crippen molar-refractivity contribution in [2.45, 2.75) is 12.7 Å². The smallest absolute Gasteiger partial charge is 0.322 e. The lowest BCUT2D eigenvalue weighted by Crippen LogP contribution is -2.49. The van der Waals surface area contributed by atoms with Gasteiger partial charge in [0.05, 0.1) is 16.3 Å². The number of halogens is 5. The topological polar surface area (TPSA) is 35.6 Å². The van der Waals surface area contributed by atoms with Crippen LogP contribution in [-0.4, -0.2) is 42.0 Å². The van der Waals surface area contributed by atoms with Gasteiger partial charge in [0.2, 0.25) is 0 Å². The van der Waals surface area contributed by atoms with Crippen molar-refractivity contribution in [3.63, 3.8) is 0 Å². The number of amides is 2. The van der Waals surface area contributed by atoms with E-state index >= 15 is 0 Å². The Morgan fingerprint density at radius 2 is 1.64 bits per heavy atom. The zero-order valence-electron chi connectivity index (χ0n) is 14.8. The first kappa shape index (κ1) is 20.8. The fourth-order valence-corrected chi connectivity index (χ4v) is 3.24. The summed E-state index contributed by atoms with van der Waals surface area (Å²) >= 11 is 11.8. The lowest BCUT2D eigenvalue weighted by Gasteiger charge is -2.34. The van der Waals surface area contributed by atoms with Crippen molar-refractivity contribution < 1.29 is 18.0 Å². The Balaban J connectivity index is 1.56. The van der Waals surface area contributed by atoms with Crippen LogP contribution < -0.4 is 5.32 Å². The second kappa shape index (κ2) is 8.59. The van der Waals surface area contributed by atoms with Gasteiger partial charge in [-0.3, -0.25) is 4.90 Å². The van der Waals surface area contributed by atoms with Crippen molar-refractivity contribution in [1.29, 1.82) is 0 Å². The van der Waals surface area contributed by atoms with E-state index in [0.717, 1.165) is 30.3 Å². The van der Waals surface area contributed by atoms with Gasteiger partial charge in [0, 0.05) is 37.7 Å². The number of hydrogen-bond donors (Lipinski definition) is 1. The molecule has 0 aliphatic carbocycles. The molecule has 1 aliphatic rings. The fraction of sp³-hybridized carbons (Fsp3) is 0.316. The van der Waals surface area contributed by atoms with E-state index in [1.54, 1.807) is 4.90 Å². The molecule has 0 aromatic heterocycles. The van der Waals surface area contributed by atoms with Crippen LogP contribution in [0.5, 0.6) is 0 Å². The molecule has 2 aromatic carbocycles. The van der Waals surface area contributed by atoms with E-state index in [1.165, 1.54) is 0 Å². The molecule has 9 heteroatoms. The van der Waals surface area contributed by atoms with Gasteiger partial charge >= 0.3 is 12.2 Å². The van der Waals surface area contributed by atoms with Crippen LogP contribution in [0.4, 0.5) is 23.7 Å². The number of nitrogens with one attached hydrogen (secondary N) is 1. The number of alkyl halides is 3. The molecule has 0 spiro atoms. The Bertz CT molecular complexity index is 835. The van der Waals surface area contributed by atoms with Crippen LogP contribution >= 0.6 is 23.2 Å². The standard InChI is InChI=1S/C19H18Cl2F3N3O/c20-15-4-1-13(2-5-15)12-26-7-9-27(10-8-26)18(28)25-17-11-14(19(22,23)24)3-6-16(17)21/h1-6,11H,7-10,12H2,(H,25,28). The van der Waals surface area contributed by atoms with E-state index in [9.17, 15) is 18.0 Å². The molecule has 1 fully saturated rings. The summed E-state index contributed by atoms with van der Waals surface area (Å²) in [6.45, 7) is 3.00. The maximum Gasteiger partial charge on any atom is 0.416 e. The second-order valence-electron chi connectivity index (χ2n) is 6.51. The van der Waals surface area contributed by atoms with Crippen LogP contribution in [0.25, 0.3) is 0 Å². The number of hydrogen-bond acceptors (Lipinski definition) is 2. The van der Waals surface area contributed by atoms with Gasteiger partial charge in [0.1, 0.15) is 0 Å². The molecule has 0 radical (unpaired) electrons. The summed E-state index contributed by atoms with van der Waals surface area (Å²) in [6, 6.07) is 9.97. The van der Waals surface area contributed by atoms with Crippen LogP contribution in [0.3, 0.4) is 0 Å². The highest BCUT2D eigenvalue weighted by Crippen LogP contribution is 2.34. The molecule has 28 heavy (non-hydrogen) atoms. The Labute approximate surface area is 170 Å². The second-order valence-corrected chi connectivity index (χ2v) is 7.36. The predicted molar refractivity (Wildman–Crippen MR) is 104 cm³/mol. The highest BCUT2D eigenvalue weighted by atomic mass is 35.5. The maximum atomic E-state index is 12.9. The normalized spacial score (nSPS) is 15.5. The van der Waals surface area contributed by atoms with E-state index in [2.05, 4.69) is 10.2 Å². The molecular formula is C19H18Cl2F3N3O. The molecule has 2 aromatic rings. The van der Waals surface area contributed by atoms with Crippen molar-refractivity contribution >= 4 is 34.9 Å².